The van der Waals surface area contributed by atoms with Gasteiger partial charge < -0.3 is 10.2 Å². The summed E-state index contributed by atoms with van der Waals surface area (Å²) in [5.41, 5.74) is 4.37. The van der Waals surface area contributed by atoms with Gasteiger partial charge in [-0.1, -0.05) is 32.9 Å². The highest BCUT2D eigenvalue weighted by Crippen LogP contribution is 2.40. The third-order valence-electron chi connectivity index (χ3n) is 7.15. The first-order chi connectivity index (χ1) is 17.2. The standard InChI is InChI=1S/C28H32F3N5/c1-5-32-21-10-12-35(13-11-21)24-9-7-19(14-22(24)28(29,30)31)20-6-8-23-25(15-20)36-26(16-33-23)18(4)34-27(36)17(2)3/h6-9,14-17,21,32H,5,10-13H2,1-4H3. The molecule has 5 rings (SSSR count). The van der Waals surface area contributed by atoms with E-state index in [2.05, 4.69) is 35.5 Å². The van der Waals surface area contributed by atoms with Crippen LogP contribution in [0.15, 0.2) is 42.6 Å². The number of imidazole rings is 1. The van der Waals surface area contributed by atoms with Crippen LogP contribution in [0.5, 0.6) is 0 Å². The van der Waals surface area contributed by atoms with E-state index in [-0.39, 0.29) is 11.6 Å². The van der Waals surface area contributed by atoms with Crippen LogP contribution in [0, 0.1) is 6.92 Å². The van der Waals surface area contributed by atoms with Gasteiger partial charge in [0, 0.05) is 30.7 Å². The topological polar surface area (TPSA) is 45.5 Å². The van der Waals surface area contributed by atoms with Gasteiger partial charge in [-0.05, 0) is 61.7 Å². The third-order valence-corrected chi connectivity index (χ3v) is 7.15. The minimum atomic E-state index is -4.44. The molecule has 0 spiro atoms. The van der Waals surface area contributed by atoms with Crippen LogP contribution in [0.2, 0.25) is 0 Å². The van der Waals surface area contributed by atoms with Gasteiger partial charge in [0.05, 0.1) is 34.0 Å². The first-order valence-electron chi connectivity index (χ1n) is 12.6. The Morgan fingerprint density at radius 1 is 1.03 bits per heavy atom. The van der Waals surface area contributed by atoms with E-state index in [1.54, 1.807) is 12.1 Å². The molecule has 0 amide bonds. The molecule has 0 radical (unpaired) electrons. The van der Waals surface area contributed by atoms with Gasteiger partial charge in [0.25, 0.3) is 0 Å². The van der Waals surface area contributed by atoms with E-state index in [4.69, 9.17) is 4.98 Å². The number of anilines is 1. The van der Waals surface area contributed by atoms with Crippen LogP contribution in [0.25, 0.3) is 27.7 Å². The van der Waals surface area contributed by atoms with Crippen LogP contribution in [0.3, 0.4) is 0 Å². The molecule has 2 aromatic heterocycles. The maximum absolute atomic E-state index is 14.2. The number of nitrogens with zero attached hydrogens (tertiary/aromatic N) is 4. The number of benzene rings is 2. The number of fused-ring (bicyclic) bond motifs is 3. The van der Waals surface area contributed by atoms with Crippen molar-refractivity contribution in [3.05, 3.63) is 59.7 Å². The number of halogens is 3. The summed E-state index contributed by atoms with van der Waals surface area (Å²) in [6.07, 6.45) is -0.958. The van der Waals surface area contributed by atoms with Crippen LogP contribution in [-0.4, -0.2) is 40.0 Å². The first-order valence-corrected chi connectivity index (χ1v) is 12.6. The highest BCUT2D eigenvalue weighted by atomic mass is 19.4. The highest BCUT2D eigenvalue weighted by Gasteiger charge is 2.36. The zero-order chi connectivity index (χ0) is 25.6. The molecule has 3 heterocycles. The SMILES string of the molecule is CCNC1CCN(c2ccc(-c3ccc4ncc5c(C)nc(C(C)C)n5c4c3)cc2C(F)(F)F)CC1. The molecule has 1 N–H and O–H groups in total. The molecule has 1 aliphatic heterocycles. The van der Waals surface area contributed by atoms with Crippen LogP contribution < -0.4 is 10.2 Å². The van der Waals surface area contributed by atoms with E-state index in [1.807, 2.05) is 36.2 Å². The van der Waals surface area contributed by atoms with Gasteiger partial charge >= 0.3 is 6.18 Å². The number of rotatable bonds is 5. The fraction of sp³-hybridized carbons (Fsp3) is 0.429. The highest BCUT2D eigenvalue weighted by molar-refractivity contribution is 5.85. The molecule has 0 saturated carbocycles. The molecule has 0 atom stereocenters. The van der Waals surface area contributed by atoms with Gasteiger partial charge in [0.2, 0.25) is 0 Å². The number of aromatic nitrogens is 3. The normalized spacial score (nSPS) is 15.5. The van der Waals surface area contributed by atoms with E-state index in [0.29, 0.717) is 24.7 Å². The first kappa shape index (κ1) is 24.6. The van der Waals surface area contributed by atoms with Gasteiger partial charge in [0.15, 0.2) is 0 Å². The minimum Gasteiger partial charge on any atom is -0.371 e. The molecular formula is C28H32F3N5. The molecule has 0 aliphatic carbocycles. The van der Waals surface area contributed by atoms with Crippen molar-refractivity contribution >= 4 is 22.2 Å². The number of piperidine rings is 1. The maximum Gasteiger partial charge on any atom is 0.418 e. The van der Waals surface area contributed by atoms with E-state index in [0.717, 1.165) is 53.0 Å². The van der Waals surface area contributed by atoms with Crippen molar-refractivity contribution in [2.45, 2.75) is 58.7 Å². The molecule has 1 aliphatic rings. The minimum absolute atomic E-state index is 0.188. The van der Waals surface area contributed by atoms with Gasteiger partial charge in [0.1, 0.15) is 5.82 Å². The summed E-state index contributed by atoms with van der Waals surface area (Å²) in [6, 6.07) is 10.7. The number of alkyl halides is 3. The summed E-state index contributed by atoms with van der Waals surface area (Å²) in [7, 11) is 0. The Hall–Kier alpha value is -3.13. The molecule has 2 aromatic carbocycles. The number of nitrogens with one attached hydrogen (secondary N) is 1. The van der Waals surface area contributed by atoms with E-state index in [9.17, 15) is 13.2 Å². The van der Waals surface area contributed by atoms with Crippen LogP contribution in [0.1, 0.15) is 56.6 Å². The summed E-state index contributed by atoms with van der Waals surface area (Å²) in [5.74, 6) is 1.10. The van der Waals surface area contributed by atoms with E-state index < -0.39 is 11.7 Å². The van der Waals surface area contributed by atoms with Crippen molar-refractivity contribution in [2.24, 2.45) is 0 Å². The average Bonchev–Trinajstić information content (AvgIpc) is 3.21. The van der Waals surface area contributed by atoms with E-state index >= 15 is 0 Å². The second-order valence-corrected chi connectivity index (χ2v) is 9.94. The molecule has 36 heavy (non-hydrogen) atoms. The third kappa shape index (κ3) is 4.43. The maximum atomic E-state index is 14.2. The molecule has 4 aromatic rings. The van der Waals surface area contributed by atoms with Crippen molar-refractivity contribution < 1.29 is 13.2 Å². The van der Waals surface area contributed by atoms with Gasteiger partial charge in [-0.15, -0.1) is 0 Å². The molecule has 8 heteroatoms. The monoisotopic (exact) mass is 495 g/mol. The summed E-state index contributed by atoms with van der Waals surface area (Å²) in [6.45, 7) is 10.3. The van der Waals surface area contributed by atoms with Gasteiger partial charge in [-0.3, -0.25) is 9.38 Å². The molecular weight excluding hydrogens is 463 g/mol. The summed E-state index contributed by atoms with van der Waals surface area (Å²) >= 11 is 0. The smallest absolute Gasteiger partial charge is 0.371 e. The average molecular weight is 496 g/mol. The van der Waals surface area contributed by atoms with E-state index in [1.165, 1.54) is 6.07 Å². The zero-order valence-electron chi connectivity index (χ0n) is 21.2. The van der Waals surface area contributed by atoms with Crippen LogP contribution >= 0.6 is 0 Å². The summed E-state index contributed by atoms with van der Waals surface area (Å²) in [5, 5.41) is 3.41. The van der Waals surface area contributed by atoms with Crippen LogP contribution in [-0.2, 0) is 6.18 Å². The van der Waals surface area contributed by atoms with Gasteiger partial charge in [-0.25, -0.2) is 4.98 Å². The Balaban J connectivity index is 1.58. The van der Waals surface area contributed by atoms with Crippen molar-refractivity contribution in [1.82, 2.24) is 19.7 Å². The summed E-state index contributed by atoms with van der Waals surface area (Å²) in [4.78, 5) is 11.2. The van der Waals surface area contributed by atoms with Crippen molar-refractivity contribution in [3.8, 4) is 11.1 Å². The fourth-order valence-corrected chi connectivity index (χ4v) is 5.31. The van der Waals surface area contributed by atoms with Crippen molar-refractivity contribution in [1.29, 1.82) is 0 Å². The largest absolute Gasteiger partial charge is 0.418 e. The second kappa shape index (κ2) is 9.39. The van der Waals surface area contributed by atoms with Gasteiger partial charge in [-0.2, -0.15) is 13.2 Å². The molecule has 5 nitrogen and oxygen atoms in total. The molecule has 0 bridgehead atoms. The van der Waals surface area contributed by atoms with Crippen molar-refractivity contribution in [2.75, 3.05) is 24.5 Å². The number of hydrogen-bond donors (Lipinski definition) is 1. The lowest BCUT2D eigenvalue weighted by Gasteiger charge is -2.35. The van der Waals surface area contributed by atoms with Crippen molar-refractivity contribution in [3.63, 3.8) is 0 Å². The Kier molecular flexibility index (Phi) is 6.41. The quantitative estimate of drug-likeness (QED) is 0.340. The lowest BCUT2D eigenvalue weighted by atomic mass is 9.98. The zero-order valence-corrected chi connectivity index (χ0v) is 21.2. The molecule has 190 valence electrons. The number of hydrogen-bond acceptors (Lipinski definition) is 4. The second-order valence-electron chi connectivity index (χ2n) is 9.94. The molecule has 0 unspecified atom stereocenters. The fourth-order valence-electron chi connectivity index (χ4n) is 5.31. The predicted molar refractivity (Wildman–Crippen MR) is 139 cm³/mol. The lowest BCUT2D eigenvalue weighted by molar-refractivity contribution is -0.137. The van der Waals surface area contributed by atoms with Crippen LogP contribution in [0.4, 0.5) is 18.9 Å². The predicted octanol–water partition coefficient (Wildman–Crippen LogP) is 6.58. The Morgan fingerprint density at radius 2 is 1.72 bits per heavy atom. The molecule has 1 fully saturated rings. The Labute approximate surface area is 209 Å². The number of aryl methyl sites for hydroxylation is 1. The summed E-state index contributed by atoms with van der Waals surface area (Å²) < 4.78 is 44.8. The Bertz CT molecular complexity index is 1400. The lowest BCUT2D eigenvalue weighted by Crippen LogP contribution is -2.43. The Morgan fingerprint density at radius 3 is 2.39 bits per heavy atom. The molecule has 1 saturated heterocycles.